The highest BCUT2D eigenvalue weighted by atomic mass is 32.2. The molecule has 1 fully saturated rings. The van der Waals surface area contributed by atoms with Crippen molar-refractivity contribution in [2.24, 2.45) is 0 Å². The van der Waals surface area contributed by atoms with Gasteiger partial charge in [-0.25, -0.2) is 13.9 Å². The predicted molar refractivity (Wildman–Crippen MR) is 99.0 cm³/mol. The molecule has 0 bridgehead atoms. The van der Waals surface area contributed by atoms with Gasteiger partial charge in [-0.3, -0.25) is 10.0 Å². The molecular formula is C17H21N2O5S2. The molecule has 1 saturated heterocycles. The van der Waals surface area contributed by atoms with Crippen molar-refractivity contribution in [1.29, 1.82) is 0 Å². The Morgan fingerprint density at radius 1 is 1.42 bits per heavy atom. The van der Waals surface area contributed by atoms with Gasteiger partial charge in [0.15, 0.2) is 0 Å². The van der Waals surface area contributed by atoms with Crippen molar-refractivity contribution < 1.29 is 23.2 Å². The van der Waals surface area contributed by atoms with E-state index in [1.807, 2.05) is 0 Å². The average molecular weight is 397 g/mol. The predicted octanol–water partition coefficient (Wildman–Crippen LogP) is 1.64. The third kappa shape index (κ3) is 4.32. The second-order valence-electron chi connectivity index (χ2n) is 6.00. The molecule has 0 saturated carbocycles. The lowest BCUT2D eigenvalue weighted by Gasteiger charge is -2.43. The summed E-state index contributed by atoms with van der Waals surface area (Å²) in [5.74, 6) is 5.60. The fourth-order valence-electron chi connectivity index (χ4n) is 2.57. The number of ether oxygens (including phenoxy) is 1. The quantitative estimate of drug-likeness (QED) is 0.446. The van der Waals surface area contributed by atoms with Crippen molar-refractivity contribution >= 4 is 27.7 Å². The number of hydrogen-bond acceptors (Lipinski definition) is 6. The fraction of sp³-hybridized carbons (Fsp3) is 0.412. The maximum Gasteiger partial charge on any atom is 0.263 e. The van der Waals surface area contributed by atoms with Crippen LogP contribution < -0.4 is 10.2 Å². The van der Waals surface area contributed by atoms with E-state index in [1.54, 1.807) is 26.3 Å². The van der Waals surface area contributed by atoms with Gasteiger partial charge in [-0.2, -0.15) is 16.1 Å². The minimum Gasteiger partial charge on any atom is -0.481 e. The summed E-state index contributed by atoms with van der Waals surface area (Å²) in [6, 6.07) is 4.83. The topological polar surface area (TPSA) is 95.9 Å². The Morgan fingerprint density at radius 2 is 2.08 bits per heavy atom. The summed E-state index contributed by atoms with van der Waals surface area (Å²) in [7, 11) is -3.97. The molecule has 141 valence electrons. The summed E-state index contributed by atoms with van der Waals surface area (Å²) in [5.41, 5.74) is 1.57. The smallest absolute Gasteiger partial charge is 0.263 e. The van der Waals surface area contributed by atoms with Crippen LogP contribution in [-0.2, 0) is 14.8 Å². The minimum absolute atomic E-state index is 0.0288. The Morgan fingerprint density at radius 3 is 2.65 bits per heavy atom. The summed E-state index contributed by atoms with van der Waals surface area (Å²) in [6.45, 7) is 6.89. The molecule has 2 N–H and O–H groups in total. The Hall–Kier alpha value is -1.73. The molecule has 1 aromatic carbocycles. The van der Waals surface area contributed by atoms with Gasteiger partial charge < -0.3 is 4.74 Å². The molecule has 0 unspecified atom stereocenters. The molecule has 7 nitrogen and oxygen atoms in total. The zero-order chi connectivity index (χ0) is 19.4. The molecule has 2 rings (SSSR count). The van der Waals surface area contributed by atoms with Gasteiger partial charge in [-0.15, -0.1) is 5.92 Å². The normalized spacial score (nSPS) is 19.9. The average Bonchev–Trinajstić information content (AvgIpc) is 2.61. The Kier molecular flexibility index (Phi) is 6.58. The highest BCUT2D eigenvalue weighted by Gasteiger charge is 2.48. The molecule has 0 aliphatic carbocycles. The third-order valence-electron chi connectivity index (χ3n) is 3.87. The van der Waals surface area contributed by atoms with Crippen LogP contribution in [0.15, 0.2) is 29.2 Å². The van der Waals surface area contributed by atoms with E-state index in [1.165, 1.54) is 42.6 Å². The SMILES string of the molecule is CC#CCOc1ccc(S(=O)(=O)N2[CH]CSC(C)(C)[C@@H]2C(=O)NO)cc1. The summed E-state index contributed by atoms with van der Waals surface area (Å²) in [5, 5.41) is 9.04. The van der Waals surface area contributed by atoms with Gasteiger partial charge in [0.25, 0.3) is 5.91 Å². The number of amides is 1. The van der Waals surface area contributed by atoms with E-state index in [0.717, 1.165) is 4.31 Å². The van der Waals surface area contributed by atoms with Crippen LogP contribution in [0.5, 0.6) is 5.75 Å². The number of benzene rings is 1. The number of hydroxylamine groups is 1. The van der Waals surface area contributed by atoms with Crippen molar-refractivity contribution in [3.8, 4) is 17.6 Å². The monoisotopic (exact) mass is 397 g/mol. The van der Waals surface area contributed by atoms with Crippen molar-refractivity contribution in [1.82, 2.24) is 9.79 Å². The highest BCUT2D eigenvalue weighted by Crippen LogP contribution is 2.40. The van der Waals surface area contributed by atoms with Crippen LogP contribution in [-0.4, -0.2) is 47.0 Å². The fourth-order valence-corrected chi connectivity index (χ4v) is 5.40. The molecule has 9 heteroatoms. The van der Waals surface area contributed by atoms with Crippen LogP contribution in [0.2, 0.25) is 0 Å². The van der Waals surface area contributed by atoms with Crippen molar-refractivity contribution in [3.05, 3.63) is 30.8 Å². The number of carbonyl (C=O) groups is 1. The summed E-state index contributed by atoms with van der Waals surface area (Å²) >= 11 is 1.43. The lowest BCUT2D eigenvalue weighted by Crippen LogP contribution is -2.59. The van der Waals surface area contributed by atoms with E-state index in [9.17, 15) is 13.2 Å². The van der Waals surface area contributed by atoms with Crippen molar-refractivity contribution in [3.63, 3.8) is 0 Å². The minimum atomic E-state index is -3.97. The lowest BCUT2D eigenvalue weighted by molar-refractivity contribution is -0.133. The lowest BCUT2D eigenvalue weighted by atomic mass is 10.0. The maximum atomic E-state index is 13.0. The number of nitrogens with zero attached hydrogens (tertiary/aromatic N) is 1. The van der Waals surface area contributed by atoms with Gasteiger partial charge in [0.05, 0.1) is 11.4 Å². The maximum absolute atomic E-state index is 13.0. The molecule has 1 radical (unpaired) electrons. The zero-order valence-electron chi connectivity index (χ0n) is 14.7. The van der Waals surface area contributed by atoms with E-state index in [2.05, 4.69) is 11.8 Å². The van der Waals surface area contributed by atoms with Gasteiger partial charge in [-0.1, -0.05) is 5.92 Å². The summed E-state index contributed by atoms with van der Waals surface area (Å²) < 4.78 is 31.8. The van der Waals surface area contributed by atoms with E-state index in [4.69, 9.17) is 9.94 Å². The molecule has 1 heterocycles. The van der Waals surface area contributed by atoms with Crippen LogP contribution in [0.25, 0.3) is 0 Å². The Balaban J connectivity index is 2.31. The van der Waals surface area contributed by atoms with Gasteiger partial charge in [-0.05, 0) is 45.0 Å². The molecule has 0 spiro atoms. The van der Waals surface area contributed by atoms with Crippen LogP contribution >= 0.6 is 11.8 Å². The van der Waals surface area contributed by atoms with E-state index in [0.29, 0.717) is 11.5 Å². The number of sulfonamides is 1. The van der Waals surface area contributed by atoms with Crippen LogP contribution in [0.3, 0.4) is 0 Å². The van der Waals surface area contributed by atoms with E-state index >= 15 is 0 Å². The first-order chi connectivity index (χ1) is 12.2. The van der Waals surface area contributed by atoms with Crippen LogP contribution in [0, 0.1) is 18.4 Å². The van der Waals surface area contributed by atoms with Crippen molar-refractivity contribution in [2.75, 3.05) is 12.4 Å². The number of nitrogens with one attached hydrogen (secondary N) is 1. The first-order valence-electron chi connectivity index (χ1n) is 7.81. The largest absolute Gasteiger partial charge is 0.481 e. The summed E-state index contributed by atoms with van der Waals surface area (Å²) in [6.07, 6.45) is 0. The number of rotatable bonds is 5. The van der Waals surface area contributed by atoms with Gasteiger partial charge in [0, 0.05) is 10.5 Å². The first-order valence-corrected chi connectivity index (χ1v) is 10.2. The number of hydrogen-bond donors (Lipinski definition) is 2. The second-order valence-corrected chi connectivity index (χ2v) is 9.51. The van der Waals surface area contributed by atoms with E-state index < -0.39 is 26.7 Å². The standard InChI is InChI=1S/C17H21N2O5S2/c1-4-5-11-24-13-6-8-14(9-7-13)26(22,23)19-10-12-25-17(2,3)15(19)16(20)18-21/h6-10,15,21H,11-12H2,1-3H3,(H,18,20)/t15-/m0/s1. The first kappa shape index (κ1) is 20.6. The molecule has 1 aliphatic heterocycles. The van der Waals surface area contributed by atoms with Crippen LogP contribution in [0.1, 0.15) is 20.8 Å². The summed E-state index contributed by atoms with van der Waals surface area (Å²) in [4.78, 5) is 12.2. The third-order valence-corrected chi connectivity index (χ3v) is 6.93. The molecule has 1 amide bonds. The highest BCUT2D eigenvalue weighted by molar-refractivity contribution is 8.01. The zero-order valence-corrected chi connectivity index (χ0v) is 16.4. The molecule has 1 aromatic rings. The Bertz CT molecular complexity index is 810. The van der Waals surface area contributed by atoms with Gasteiger partial charge >= 0.3 is 0 Å². The van der Waals surface area contributed by atoms with E-state index in [-0.39, 0.29) is 11.5 Å². The molecule has 1 aliphatic rings. The van der Waals surface area contributed by atoms with Gasteiger partial charge in [0.1, 0.15) is 18.4 Å². The molecule has 26 heavy (non-hydrogen) atoms. The molecular weight excluding hydrogens is 376 g/mol. The number of carbonyl (C=O) groups excluding carboxylic acids is 1. The number of thioether (sulfide) groups is 1. The molecule has 0 aromatic heterocycles. The molecule has 1 atom stereocenters. The van der Waals surface area contributed by atoms with Crippen molar-refractivity contribution in [2.45, 2.75) is 36.5 Å². The Labute approximate surface area is 158 Å². The van der Waals surface area contributed by atoms with Gasteiger partial charge in [0.2, 0.25) is 10.0 Å². The van der Waals surface area contributed by atoms with Crippen LogP contribution in [0.4, 0.5) is 0 Å². The second kappa shape index (κ2) is 8.31.